The van der Waals surface area contributed by atoms with Crippen LogP contribution in [-0.4, -0.2) is 69.4 Å². The first kappa shape index (κ1) is 27.5. The van der Waals surface area contributed by atoms with Gasteiger partial charge >= 0.3 is 0 Å². The highest BCUT2D eigenvalue weighted by Gasteiger charge is 2.27. The summed E-state index contributed by atoms with van der Waals surface area (Å²) in [4.78, 5) is 22.8. The van der Waals surface area contributed by atoms with Gasteiger partial charge in [0.1, 0.15) is 0 Å². The van der Waals surface area contributed by atoms with Crippen molar-refractivity contribution in [2.45, 2.75) is 32.1 Å². The summed E-state index contributed by atoms with van der Waals surface area (Å²) in [6.45, 7) is 10.1. The van der Waals surface area contributed by atoms with Crippen molar-refractivity contribution in [3.63, 3.8) is 0 Å². The maximum absolute atomic E-state index is 13.9. The number of carbonyl (C=O) groups is 1. The molecule has 2 aromatic carbocycles. The molecule has 2 heterocycles. The lowest BCUT2D eigenvalue weighted by molar-refractivity contribution is 0.0376. The van der Waals surface area contributed by atoms with E-state index >= 15 is 0 Å². The van der Waals surface area contributed by atoms with Crippen molar-refractivity contribution in [1.82, 2.24) is 9.88 Å². The van der Waals surface area contributed by atoms with E-state index in [4.69, 9.17) is 9.72 Å². The lowest BCUT2D eigenvalue weighted by atomic mass is 10.1. The summed E-state index contributed by atoms with van der Waals surface area (Å²) in [6, 6.07) is 10.6. The lowest BCUT2D eigenvalue weighted by Crippen LogP contribution is -2.39. The molecule has 0 bridgehead atoms. The van der Waals surface area contributed by atoms with Crippen molar-refractivity contribution < 1.29 is 17.9 Å². The molecule has 0 N–H and O–H groups in total. The van der Waals surface area contributed by atoms with Gasteiger partial charge in [-0.15, -0.1) is 12.4 Å². The van der Waals surface area contributed by atoms with Crippen LogP contribution in [0.15, 0.2) is 41.3 Å². The molecular formula is C25H32ClN3O4S2. The number of sulfone groups is 1. The summed E-state index contributed by atoms with van der Waals surface area (Å²) in [6.07, 6.45) is 0.752. The van der Waals surface area contributed by atoms with Gasteiger partial charge < -0.3 is 4.74 Å². The van der Waals surface area contributed by atoms with E-state index in [1.54, 1.807) is 30.0 Å². The predicted molar refractivity (Wildman–Crippen MR) is 144 cm³/mol. The third-order valence-corrected chi connectivity index (χ3v) is 9.20. The summed E-state index contributed by atoms with van der Waals surface area (Å²) < 4.78 is 32.0. The summed E-state index contributed by atoms with van der Waals surface area (Å²) in [5, 5.41) is 0.600. The molecule has 4 rings (SSSR count). The van der Waals surface area contributed by atoms with Crippen LogP contribution in [0.3, 0.4) is 0 Å². The van der Waals surface area contributed by atoms with E-state index in [-0.39, 0.29) is 34.5 Å². The minimum Gasteiger partial charge on any atom is -0.379 e. The van der Waals surface area contributed by atoms with E-state index in [2.05, 4.69) is 11.0 Å². The van der Waals surface area contributed by atoms with Crippen LogP contribution in [0.1, 0.15) is 34.8 Å². The van der Waals surface area contributed by atoms with E-state index in [1.807, 2.05) is 19.9 Å². The Labute approximate surface area is 217 Å². The number of benzene rings is 2. The van der Waals surface area contributed by atoms with Gasteiger partial charge in [-0.3, -0.25) is 14.6 Å². The zero-order chi connectivity index (χ0) is 24.3. The summed E-state index contributed by atoms with van der Waals surface area (Å²) in [5.74, 6) is -0.391. The van der Waals surface area contributed by atoms with Gasteiger partial charge in [0.15, 0.2) is 15.0 Å². The molecule has 0 atom stereocenters. The fraction of sp³-hybridized carbons (Fsp3) is 0.440. The zero-order valence-electron chi connectivity index (χ0n) is 20.3. The Morgan fingerprint density at radius 3 is 2.49 bits per heavy atom. The van der Waals surface area contributed by atoms with Gasteiger partial charge in [-0.25, -0.2) is 13.4 Å². The highest BCUT2D eigenvalue weighted by Crippen LogP contribution is 2.34. The maximum atomic E-state index is 13.9. The Kier molecular flexibility index (Phi) is 9.28. The van der Waals surface area contributed by atoms with Gasteiger partial charge in [-0.05, 0) is 43.5 Å². The van der Waals surface area contributed by atoms with Crippen LogP contribution in [-0.2, 0) is 14.6 Å². The first-order valence-corrected chi connectivity index (χ1v) is 14.1. The molecule has 1 aliphatic heterocycles. The van der Waals surface area contributed by atoms with Crippen molar-refractivity contribution in [1.29, 1.82) is 0 Å². The van der Waals surface area contributed by atoms with Gasteiger partial charge in [-0.2, -0.15) is 0 Å². The second-order valence-corrected chi connectivity index (χ2v) is 11.8. The third-order valence-electron chi connectivity index (χ3n) is 6.20. The molecule has 190 valence electrons. The van der Waals surface area contributed by atoms with Crippen LogP contribution in [0, 0.1) is 13.8 Å². The van der Waals surface area contributed by atoms with Crippen LogP contribution in [0.4, 0.5) is 5.13 Å². The summed E-state index contributed by atoms with van der Waals surface area (Å²) >= 11 is 1.49. The van der Waals surface area contributed by atoms with Gasteiger partial charge in [0.2, 0.25) is 0 Å². The molecule has 1 aromatic heterocycles. The number of fused-ring (bicyclic) bond motifs is 1. The lowest BCUT2D eigenvalue weighted by Gasteiger charge is -2.28. The standard InChI is InChI=1S/C25H31N3O4S2.ClH/c1-4-34(30,31)21-9-6-5-8-20(21)24(29)28(13-7-12-27-14-16-32-17-15-27)25-26-22-18(2)10-11-19(3)23(22)33-25;/h5-6,8-11H,4,7,12-17H2,1-3H3;1H. The topological polar surface area (TPSA) is 79.8 Å². The molecule has 10 heteroatoms. The van der Waals surface area contributed by atoms with E-state index in [1.165, 1.54) is 17.4 Å². The Bertz CT molecular complexity index is 1250. The molecular weight excluding hydrogens is 506 g/mol. The SMILES string of the molecule is CCS(=O)(=O)c1ccccc1C(=O)N(CCCN1CCOCC1)c1nc2c(C)ccc(C)c2s1.Cl. The fourth-order valence-electron chi connectivity index (χ4n) is 4.14. The second kappa shape index (κ2) is 11.8. The zero-order valence-corrected chi connectivity index (χ0v) is 22.8. The minimum absolute atomic E-state index is 0. The van der Waals surface area contributed by atoms with Crippen LogP contribution in [0.25, 0.3) is 10.2 Å². The highest BCUT2D eigenvalue weighted by molar-refractivity contribution is 7.91. The minimum atomic E-state index is -3.55. The molecule has 0 unspecified atom stereocenters. The van der Waals surface area contributed by atoms with Crippen molar-refractivity contribution in [2.24, 2.45) is 0 Å². The van der Waals surface area contributed by atoms with E-state index in [9.17, 15) is 13.2 Å². The summed E-state index contributed by atoms with van der Waals surface area (Å²) in [7, 11) is -3.55. The molecule has 0 spiro atoms. The first-order valence-electron chi connectivity index (χ1n) is 11.6. The van der Waals surface area contributed by atoms with Gasteiger partial charge in [0.05, 0.1) is 39.6 Å². The van der Waals surface area contributed by atoms with Crippen LogP contribution < -0.4 is 4.90 Å². The number of ether oxygens (including phenoxy) is 1. The Balaban J connectivity index is 0.00000342. The molecule has 0 aliphatic carbocycles. The van der Waals surface area contributed by atoms with Crippen molar-refractivity contribution >= 4 is 54.8 Å². The molecule has 1 aliphatic rings. The van der Waals surface area contributed by atoms with E-state index in [0.717, 1.165) is 60.6 Å². The average Bonchev–Trinajstić information content (AvgIpc) is 3.31. The highest BCUT2D eigenvalue weighted by atomic mass is 35.5. The molecule has 0 radical (unpaired) electrons. The number of thiazole rings is 1. The molecule has 1 amide bonds. The molecule has 0 saturated carbocycles. The number of amides is 1. The van der Waals surface area contributed by atoms with Crippen LogP contribution in [0.5, 0.6) is 0 Å². The molecule has 1 fully saturated rings. The number of morpholine rings is 1. The van der Waals surface area contributed by atoms with Crippen molar-refractivity contribution in [3.05, 3.63) is 53.1 Å². The number of carbonyl (C=O) groups excluding carboxylic acids is 1. The van der Waals surface area contributed by atoms with Crippen LogP contribution >= 0.6 is 23.7 Å². The molecule has 7 nitrogen and oxygen atoms in total. The number of anilines is 1. The average molecular weight is 538 g/mol. The molecule has 35 heavy (non-hydrogen) atoms. The monoisotopic (exact) mass is 537 g/mol. The Morgan fingerprint density at radius 1 is 1.11 bits per heavy atom. The normalized spacial score (nSPS) is 14.6. The fourth-order valence-corrected chi connectivity index (χ4v) is 6.36. The van der Waals surface area contributed by atoms with E-state index < -0.39 is 9.84 Å². The predicted octanol–water partition coefficient (Wildman–Crippen LogP) is 4.50. The molecule has 1 saturated heterocycles. The van der Waals surface area contributed by atoms with Gasteiger partial charge in [0, 0.05) is 26.2 Å². The first-order chi connectivity index (χ1) is 16.3. The maximum Gasteiger partial charge on any atom is 0.261 e. The largest absolute Gasteiger partial charge is 0.379 e. The number of nitrogens with zero attached hydrogens (tertiary/aromatic N) is 3. The quantitative estimate of drug-likeness (QED) is 0.421. The Morgan fingerprint density at radius 2 is 1.80 bits per heavy atom. The van der Waals surface area contributed by atoms with Gasteiger partial charge in [0.25, 0.3) is 5.91 Å². The number of aromatic nitrogens is 1. The smallest absolute Gasteiger partial charge is 0.261 e. The Hall–Kier alpha value is -2.04. The number of rotatable bonds is 8. The molecule has 3 aromatic rings. The van der Waals surface area contributed by atoms with Crippen molar-refractivity contribution in [3.8, 4) is 0 Å². The number of aryl methyl sites for hydroxylation is 2. The number of hydrogen-bond acceptors (Lipinski definition) is 7. The third kappa shape index (κ3) is 6.03. The van der Waals surface area contributed by atoms with Crippen LogP contribution in [0.2, 0.25) is 0 Å². The second-order valence-electron chi connectivity index (χ2n) is 8.54. The summed E-state index contributed by atoms with van der Waals surface area (Å²) in [5.41, 5.74) is 3.25. The van der Waals surface area contributed by atoms with E-state index in [0.29, 0.717) is 11.7 Å². The number of hydrogen-bond donors (Lipinski definition) is 0. The number of halogens is 1. The van der Waals surface area contributed by atoms with Gasteiger partial charge in [-0.1, -0.05) is 42.5 Å². The van der Waals surface area contributed by atoms with Crippen molar-refractivity contribution in [2.75, 3.05) is 50.0 Å².